The Kier molecular flexibility index (Phi) is 4.68. The number of hydrogen-bond acceptors (Lipinski definition) is 4. The molecular formula is C16H10Br2N2O4. The van der Waals surface area contributed by atoms with E-state index in [1.807, 2.05) is 6.07 Å². The van der Waals surface area contributed by atoms with E-state index in [9.17, 15) is 9.59 Å². The Balaban J connectivity index is 2.07. The van der Waals surface area contributed by atoms with Crippen molar-refractivity contribution in [1.29, 1.82) is 0 Å². The summed E-state index contributed by atoms with van der Waals surface area (Å²) in [6.45, 7) is -0.457. The van der Waals surface area contributed by atoms with Gasteiger partial charge in [0, 0.05) is 5.56 Å². The van der Waals surface area contributed by atoms with Crippen molar-refractivity contribution in [2.45, 2.75) is 0 Å². The number of aromatic amines is 1. The smallest absolute Gasteiger partial charge is 0.341 e. The third-order valence-corrected chi connectivity index (χ3v) is 4.40. The second-order valence-corrected chi connectivity index (χ2v) is 6.59. The molecule has 0 atom stereocenters. The Morgan fingerprint density at radius 1 is 1.21 bits per heavy atom. The number of para-hydroxylation sites is 1. The van der Waals surface area contributed by atoms with Crippen molar-refractivity contribution in [2.24, 2.45) is 0 Å². The minimum absolute atomic E-state index is 0.228. The van der Waals surface area contributed by atoms with E-state index in [2.05, 4.69) is 41.8 Å². The highest BCUT2D eigenvalue weighted by atomic mass is 79.9. The predicted molar refractivity (Wildman–Crippen MR) is 96.3 cm³/mol. The maximum Gasteiger partial charge on any atom is 0.341 e. The molecule has 1 aromatic heterocycles. The SMILES string of the molecule is O=C(O)COc1c(Br)cc(-c2nc3ccccc3c(=O)[nH]2)cc1Br. The number of ether oxygens (including phenoxy) is 1. The molecule has 3 aromatic rings. The minimum atomic E-state index is -1.07. The third kappa shape index (κ3) is 3.34. The summed E-state index contributed by atoms with van der Waals surface area (Å²) < 4.78 is 6.32. The van der Waals surface area contributed by atoms with Crippen LogP contribution in [0.1, 0.15) is 0 Å². The number of aromatic nitrogens is 2. The Hall–Kier alpha value is -2.19. The number of benzene rings is 2. The van der Waals surface area contributed by atoms with Gasteiger partial charge in [-0.15, -0.1) is 0 Å². The second-order valence-electron chi connectivity index (χ2n) is 4.88. The van der Waals surface area contributed by atoms with E-state index in [4.69, 9.17) is 9.84 Å². The molecule has 0 radical (unpaired) electrons. The quantitative estimate of drug-likeness (QED) is 0.629. The molecule has 2 N–H and O–H groups in total. The molecule has 2 aromatic carbocycles. The van der Waals surface area contributed by atoms with Crippen LogP contribution in [0, 0.1) is 0 Å². The molecule has 24 heavy (non-hydrogen) atoms. The lowest BCUT2D eigenvalue weighted by Gasteiger charge is -2.11. The van der Waals surface area contributed by atoms with Gasteiger partial charge < -0.3 is 14.8 Å². The molecule has 0 amide bonds. The van der Waals surface area contributed by atoms with Gasteiger partial charge in [-0.1, -0.05) is 12.1 Å². The fraction of sp³-hybridized carbons (Fsp3) is 0.0625. The summed E-state index contributed by atoms with van der Waals surface area (Å²) in [6.07, 6.45) is 0. The predicted octanol–water partition coefficient (Wildman–Crippen LogP) is 3.58. The van der Waals surface area contributed by atoms with Gasteiger partial charge in [-0.3, -0.25) is 4.79 Å². The van der Waals surface area contributed by atoms with Crippen molar-refractivity contribution in [3.05, 3.63) is 55.7 Å². The lowest BCUT2D eigenvalue weighted by molar-refractivity contribution is -0.139. The van der Waals surface area contributed by atoms with Crippen LogP contribution in [0.15, 0.2) is 50.1 Å². The maximum atomic E-state index is 12.2. The molecule has 3 rings (SSSR count). The number of carbonyl (C=O) groups is 1. The van der Waals surface area contributed by atoms with Crippen LogP contribution < -0.4 is 10.3 Å². The summed E-state index contributed by atoms with van der Waals surface area (Å²) in [7, 11) is 0. The molecule has 0 aliphatic carbocycles. The number of carboxylic acids is 1. The van der Waals surface area contributed by atoms with Crippen LogP contribution in [0.5, 0.6) is 5.75 Å². The summed E-state index contributed by atoms with van der Waals surface area (Å²) in [4.78, 5) is 30.0. The number of nitrogens with zero attached hydrogens (tertiary/aromatic N) is 1. The lowest BCUT2D eigenvalue weighted by Crippen LogP contribution is -2.11. The Morgan fingerprint density at radius 2 is 1.88 bits per heavy atom. The van der Waals surface area contributed by atoms with Gasteiger partial charge >= 0.3 is 5.97 Å². The van der Waals surface area contributed by atoms with Gasteiger partial charge in [-0.25, -0.2) is 9.78 Å². The Labute approximate surface area is 152 Å². The number of fused-ring (bicyclic) bond motifs is 1. The van der Waals surface area contributed by atoms with E-state index >= 15 is 0 Å². The molecule has 0 fully saturated rings. The Bertz CT molecular complexity index is 978. The zero-order valence-corrected chi connectivity index (χ0v) is 15.2. The second kappa shape index (κ2) is 6.74. The van der Waals surface area contributed by atoms with Crippen LogP contribution >= 0.6 is 31.9 Å². The first-order chi connectivity index (χ1) is 11.5. The summed E-state index contributed by atoms with van der Waals surface area (Å²) >= 11 is 6.69. The monoisotopic (exact) mass is 452 g/mol. The lowest BCUT2D eigenvalue weighted by atomic mass is 10.2. The highest BCUT2D eigenvalue weighted by Gasteiger charge is 2.13. The number of aliphatic carboxylic acids is 1. The van der Waals surface area contributed by atoms with Gasteiger partial charge in [0.05, 0.1) is 19.8 Å². The average Bonchev–Trinajstić information content (AvgIpc) is 2.53. The molecule has 0 aliphatic rings. The van der Waals surface area contributed by atoms with Gasteiger partial charge in [-0.05, 0) is 56.1 Å². The molecule has 0 saturated carbocycles. The highest BCUT2D eigenvalue weighted by molar-refractivity contribution is 9.11. The number of nitrogens with one attached hydrogen (secondary N) is 1. The molecule has 0 spiro atoms. The molecule has 122 valence electrons. The van der Waals surface area contributed by atoms with E-state index in [-0.39, 0.29) is 5.56 Å². The summed E-state index contributed by atoms with van der Waals surface area (Å²) in [5.41, 5.74) is 1.02. The molecule has 0 unspecified atom stereocenters. The summed E-state index contributed by atoms with van der Waals surface area (Å²) in [6, 6.07) is 10.5. The van der Waals surface area contributed by atoms with Crippen molar-refractivity contribution < 1.29 is 14.6 Å². The first kappa shape index (κ1) is 16.7. The molecular weight excluding hydrogens is 444 g/mol. The van der Waals surface area contributed by atoms with Gasteiger partial charge in [0.2, 0.25) is 0 Å². The minimum Gasteiger partial charge on any atom is -0.480 e. The van der Waals surface area contributed by atoms with E-state index in [0.717, 1.165) is 0 Å². The standard InChI is InChI=1S/C16H10Br2N2O4/c17-10-5-8(6-11(18)14(10)24-7-13(21)22)15-19-12-4-2-1-3-9(12)16(23)20-15/h1-6H,7H2,(H,21,22)(H,19,20,23). The molecule has 8 heteroatoms. The first-order valence-electron chi connectivity index (χ1n) is 6.79. The van der Waals surface area contributed by atoms with Crippen LogP contribution in [0.2, 0.25) is 0 Å². The van der Waals surface area contributed by atoms with E-state index in [1.165, 1.54) is 0 Å². The van der Waals surface area contributed by atoms with Crippen LogP contribution in [-0.4, -0.2) is 27.7 Å². The van der Waals surface area contributed by atoms with Crippen molar-refractivity contribution in [2.75, 3.05) is 6.61 Å². The van der Waals surface area contributed by atoms with E-state index in [0.29, 0.717) is 37.0 Å². The zero-order valence-electron chi connectivity index (χ0n) is 12.0. The molecule has 0 aliphatic heterocycles. The normalized spacial score (nSPS) is 10.8. The van der Waals surface area contributed by atoms with Crippen LogP contribution in [0.4, 0.5) is 0 Å². The van der Waals surface area contributed by atoms with Crippen LogP contribution in [0.3, 0.4) is 0 Å². The first-order valence-corrected chi connectivity index (χ1v) is 8.37. The highest BCUT2D eigenvalue weighted by Crippen LogP contribution is 2.37. The van der Waals surface area contributed by atoms with E-state index < -0.39 is 12.6 Å². The van der Waals surface area contributed by atoms with Crippen molar-refractivity contribution in [1.82, 2.24) is 9.97 Å². The Morgan fingerprint density at radius 3 is 2.54 bits per heavy atom. The number of H-pyrrole nitrogens is 1. The maximum absolute atomic E-state index is 12.2. The molecule has 6 nitrogen and oxygen atoms in total. The number of carboxylic acid groups (broad SMARTS) is 1. The number of hydrogen-bond donors (Lipinski definition) is 2. The molecule has 0 bridgehead atoms. The molecule has 1 heterocycles. The van der Waals surface area contributed by atoms with Gasteiger partial charge in [-0.2, -0.15) is 0 Å². The summed E-state index contributed by atoms with van der Waals surface area (Å²) in [5, 5.41) is 9.23. The van der Waals surface area contributed by atoms with E-state index in [1.54, 1.807) is 30.3 Å². The molecule has 0 saturated heterocycles. The van der Waals surface area contributed by atoms with Crippen molar-refractivity contribution >= 4 is 48.7 Å². The average molecular weight is 454 g/mol. The van der Waals surface area contributed by atoms with Gasteiger partial charge in [0.15, 0.2) is 6.61 Å². The van der Waals surface area contributed by atoms with Crippen molar-refractivity contribution in [3.63, 3.8) is 0 Å². The fourth-order valence-corrected chi connectivity index (χ4v) is 3.61. The topological polar surface area (TPSA) is 92.3 Å². The van der Waals surface area contributed by atoms with Gasteiger partial charge in [0.25, 0.3) is 5.56 Å². The third-order valence-electron chi connectivity index (χ3n) is 3.22. The fourth-order valence-electron chi connectivity index (χ4n) is 2.19. The van der Waals surface area contributed by atoms with Crippen molar-refractivity contribution in [3.8, 4) is 17.1 Å². The largest absolute Gasteiger partial charge is 0.480 e. The van der Waals surface area contributed by atoms with Gasteiger partial charge in [0.1, 0.15) is 11.6 Å². The van der Waals surface area contributed by atoms with Crippen LogP contribution in [0.25, 0.3) is 22.3 Å². The van der Waals surface area contributed by atoms with Crippen LogP contribution in [-0.2, 0) is 4.79 Å². The summed E-state index contributed by atoms with van der Waals surface area (Å²) in [5.74, 6) is -0.299. The number of halogens is 2. The zero-order chi connectivity index (χ0) is 17.3. The number of rotatable bonds is 4.